The van der Waals surface area contributed by atoms with Crippen LogP contribution in [0.3, 0.4) is 0 Å². The van der Waals surface area contributed by atoms with Crippen LogP contribution >= 0.6 is 34.7 Å². The molecule has 136 valence electrons. The fraction of sp³-hybridized carbons (Fsp3) is 0.312. The number of carbonyl (C=O) groups excluding carboxylic acids is 1. The van der Waals surface area contributed by atoms with Gasteiger partial charge in [-0.15, -0.1) is 11.3 Å². The van der Waals surface area contributed by atoms with E-state index in [1.165, 1.54) is 6.07 Å². The molecule has 0 bridgehead atoms. The molecule has 5 nitrogen and oxygen atoms in total. The molecule has 0 spiro atoms. The van der Waals surface area contributed by atoms with Crippen LogP contribution < -0.4 is 10.0 Å². The monoisotopic (exact) mass is 418 g/mol. The normalized spacial score (nSPS) is 12.7. The molecule has 0 aliphatic heterocycles. The second-order valence-corrected chi connectivity index (χ2v) is 9.48. The van der Waals surface area contributed by atoms with Gasteiger partial charge in [-0.1, -0.05) is 35.9 Å². The standard InChI is InChI=1S/C16H19ClN2O3S3/c1-23-10-8-14(19-25(21,22)15-7-4-9-24-15)16(20)18-11-12-5-2-3-6-13(12)17/h2-7,9,14,19H,8,10-11H2,1H3,(H,18,20). The first-order valence-corrected chi connectivity index (χ1v) is 11.6. The van der Waals surface area contributed by atoms with Crippen molar-refractivity contribution >= 4 is 50.6 Å². The number of nitrogens with one attached hydrogen (secondary N) is 2. The summed E-state index contributed by atoms with van der Waals surface area (Å²) in [5.41, 5.74) is 0.780. The molecule has 1 amide bonds. The van der Waals surface area contributed by atoms with Crippen molar-refractivity contribution in [3.8, 4) is 0 Å². The lowest BCUT2D eigenvalue weighted by molar-refractivity contribution is -0.122. The quantitative estimate of drug-likeness (QED) is 0.656. The predicted molar refractivity (Wildman–Crippen MR) is 105 cm³/mol. The van der Waals surface area contributed by atoms with Gasteiger partial charge in [0.05, 0.1) is 0 Å². The Kier molecular flexibility index (Phi) is 7.77. The summed E-state index contributed by atoms with van der Waals surface area (Å²) < 4.78 is 27.5. The van der Waals surface area contributed by atoms with E-state index < -0.39 is 16.1 Å². The van der Waals surface area contributed by atoms with Gasteiger partial charge in [-0.2, -0.15) is 16.5 Å². The topological polar surface area (TPSA) is 75.3 Å². The molecule has 2 N–H and O–H groups in total. The van der Waals surface area contributed by atoms with Gasteiger partial charge in [0.2, 0.25) is 5.91 Å². The molecule has 0 aliphatic rings. The van der Waals surface area contributed by atoms with E-state index in [2.05, 4.69) is 10.0 Å². The van der Waals surface area contributed by atoms with Gasteiger partial charge in [0.1, 0.15) is 10.3 Å². The number of hydrogen-bond acceptors (Lipinski definition) is 5. The minimum Gasteiger partial charge on any atom is -0.351 e. The molecule has 9 heteroatoms. The maximum Gasteiger partial charge on any atom is 0.250 e. The lowest BCUT2D eigenvalue weighted by Gasteiger charge is -2.18. The number of benzene rings is 1. The van der Waals surface area contributed by atoms with Gasteiger partial charge in [-0.25, -0.2) is 8.42 Å². The summed E-state index contributed by atoms with van der Waals surface area (Å²) in [6.45, 7) is 0.245. The van der Waals surface area contributed by atoms with Crippen LogP contribution in [0.2, 0.25) is 5.02 Å². The Morgan fingerprint density at radius 1 is 1.28 bits per heavy atom. The van der Waals surface area contributed by atoms with Crippen LogP contribution in [0.4, 0.5) is 0 Å². The highest BCUT2D eigenvalue weighted by Crippen LogP contribution is 2.17. The molecule has 0 aliphatic carbocycles. The molecule has 2 aromatic rings. The number of thioether (sulfide) groups is 1. The highest BCUT2D eigenvalue weighted by Gasteiger charge is 2.26. The number of sulfonamides is 1. The Morgan fingerprint density at radius 2 is 2.04 bits per heavy atom. The first-order chi connectivity index (χ1) is 11.9. The van der Waals surface area contributed by atoms with Gasteiger partial charge in [0.15, 0.2) is 0 Å². The minimum atomic E-state index is -3.71. The molecular weight excluding hydrogens is 400 g/mol. The molecule has 0 saturated heterocycles. The van der Waals surface area contributed by atoms with Crippen LogP contribution in [0, 0.1) is 0 Å². The third-order valence-electron chi connectivity index (χ3n) is 3.40. The molecule has 1 aromatic heterocycles. The Morgan fingerprint density at radius 3 is 2.68 bits per heavy atom. The van der Waals surface area contributed by atoms with Crippen molar-refractivity contribution in [1.29, 1.82) is 0 Å². The number of hydrogen-bond donors (Lipinski definition) is 2. The van der Waals surface area contributed by atoms with Crippen molar-refractivity contribution < 1.29 is 13.2 Å². The van der Waals surface area contributed by atoms with Crippen molar-refractivity contribution in [1.82, 2.24) is 10.0 Å². The van der Waals surface area contributed by atoms with Crippen LogP contribution in [0.5, 0.6) is 0 Å². The van der Waals surface area contributed by atoms with Gasteiger partial charge in [0.25, 0.3) is 10.0 Å². The average molecular weight is 419 g/mol. The third-order valence-corrected chi connectivity index (χ3v) is 7.28. The summed E-state index contributed by atoms with van der Waals surface area (Å²) in [6.07, 6.45) is 2.31. The third kappa shape index (κ3) is 6.00. The zero-order valence-electron chi connectivity index (χ0n) is 13.6. The summed E-state index contributed by atoms with van der Waals surface area (Å²) in [5.74, 6) is 0.297. The molecule has 0 saturated carbocycles. The van der Waals surface area contributed by atoms with E-state index in [0.717, 1.165) is 16.9 Å². The molecule has 2 rings (SSSR count). The summed E-state index contributed by atoms with van der Waals surface area (Å²) in [6, 6.07) is 9.54. The fourth-order valence-electron chi connectivity index (χ4n) is 2.09. The minimum absolute atomic E-state index is 0.195. The van der Waals surface area contributed by atoms with E-state index in [1.807, 2.05) is 24.5 Å². The molecule has 1 heterocycles. The Labute approximate surface area is 161 Å². The number of rotatable bonds is 9. The summed E-state index contributed by atoms with van der Waals surface area (Å²) >= 11 is 8.75. The Bertz CT molecular complexity index is 795. The van der Waals surface area contributed by atoms with Gasteiger partial charge in [-0.05, 0) is 41.5 Å². The molecule has 1 atom stereocenters. The van der Waals surface area contributed by atoms with Gasteiger partial charge in [-0.3, -0.25) is 4.79 Å². The van der Waals surface area contributed by atoms with Crippen LogP contribution in [0.1, 0.15) is 12.0 Å². The number of amides is 1. The highest BCUT2D eigenvalue weighted by atomic mass is 35.5. The maximum atomic E-state index is 12.5. The van der Waals surface area contributed by atoms with Crippen molar-refractivity contribution in [2.45, 2.75) is 23.2 Å². The van der Waals surface area contributed by atoms with E-state index in [-0.39, 0.29) is 16.7 Å². The molecular formula is C16H19ClN2O3S3. The van der Waals surface area contributed by atoms with E-state index in [0.29, 0.717) is 17.2 Å². The van der Waals surface area contributed by atoms with Gasteiger partial charge < -0.3 is 5.32 Å². The lowest BCUT2D eigenvalue weighted by Crippen LogP contribution is -2.46. The van der Waals surface area contributed by atoms with E-state index in [1.54, 1.807) is 29.3 Å². The van der Waals surface area contributed by atoms with E-state index in [9.17, 15) is 13.2 Å². The number of carbonyl (C=O) groups is 1. The second kappa shape index (κ2) is 9.59. The van der Waals surface area contributed by atoms with Crippen LogP contribution in [-0.4, -0.2) is 32.4 Å². The lowest BCUT2D eigenvalue weighted by atomic mass is 10.2. The highest BCUT2D eigenvalue weighted by molar-refractivity contribution is 7.98. The Balaban J connectivity index is 2.05. The van der Waals surface area contributed by atoms with Crippen LogP contribution in [0.15, 0.2) is 46.0 Å². The van der Waals surface area contributed by atoms with Crippen LogP contribution in [0.25, 0.3) is 0 Å². The Hall–Kier alpha value is -1.06. The predicted octanol–water partition coefficient (Wildman–Crippen LogP) is 3.12. The van der Waals surface area contributed by atoms with E-state index in [4.69, 9.17) is 11.6 Å². The molecule has 25 heavy (non-hydrogen) atoms. The molecule has 0 radical (unpaired) electrons. The first kappa shape index (κ1) is 20.3. The average Bonchev–Trinajstić information content (AvgIpc) is 3.13. The molecule has 1 aromatic carbocycles. The van der Waals surface area contributed by atoms with Crippen molar-refractivity contribution in [3.63, 3.8) is 0 Å². The first-order valence-electron chi connectivity index (χ1n) is 7.50. The second-order valence-electron chi connectivity index (χ2n) is 5.20. The number of thiophene rings is 1. The fourth-order valence-corrected chi connectivity index (χ4v) is 5.00. The maximum absolute atomic E-state index is 12.5. The van der Waals surface area contributed by atoms with Crippen molar-refractivity contribution in [2.24, 2.45) is 0 Å². The van der Waals surface area contributed by atoms with Gasteiger partial charge in [0, 0.05) is 11.6 Å². The number of halogens is 1. The zero-order chi connectivity index (χ0) is 18.3. The molecule has 0 fully saturated rings. The SMILES string of the molecule is CSCCC(NS(=O)(=O)c1cccs1)C(=O)NCc1ccccc1Cl. The summed E-state index contributed by atoms with van der Waals surface area (Å²) in [7, 11) is -3.71. The summed E-state index contributed by atoms with van der Waals surface area (Å²) in [4.78, 5) is 12.5. The smallest absolute Gasteiger partial charge is 0.250 e. The zero-order valence-corrected chi connectivity index (χ0v) is 16.8. The van der Waals surface area contributed by atoms with Gasteiger partial charge >= 0.3 is 0 Å². The largest absolute Gasteiger partial charge is 0.351 e. The van der Waals surface area contributed by atoms with E-state index >= 15 is 0 Å². The van der Waals surface area contributed by atoms with Crippen molar-refractivity contribution in [2.75, 3.05) is 12.0 Å². The molecule has 1 unspecified atom stereocenters. The van der Waals surface area contributed by atoms with Crippen LogP contribution in [-0.2, 0) is 21.4 Å². The summed E-state index contributed by atoms with van der Waals surface area (Å²) in [5, 5.41) is 5.00. The van der Waals surface area contributed by atoms with Crippen molar-refractivity contribution in [3.05, 3.63) is 52.4 Å².